The largest absolute Gasteiger partial charge is 0.493 e. The van der Waals surface area contributed by atoms with Gasteiger partial charge in [0, 0.05) is 11.8 Å². The van der Waals surface area contributed by atoms with E-state index in [-0.39, 0.29) is 5.65 Å². The first-order chi connectivity index (χ1) is 11.6. The Balaban J connectivity index is 1.90. The molecule has 1 aromatic carbocycles. The summed E-state index contributed by atoms with van der Waals surface area (Å²) in [6.45, 7) is 2.40. The number of anilines is 2. The van der Waals surface area contributed by atoms with Crippen molar-refractivity contribution in [3.63, 3.8) is 0 Å². The molecule has 0 atom stereocenters. The van der Waals surface area contributed by atoms with Crippen molar-refractivity contribution in [1.82, 2.24) is 19.8 Å². The number of nitrogens with zero attached hydrogens (tertiary/aromatic N) is 4. The van der Waals surface area contributed by atoms with Gasteiger partial charge >= 0.3 is 0 Å². The van der Waals surface area contributed by atoms with Crippen molar-refractivity contribution in [2.75, 3.05) is 19.0 Å². The number of hydrogen-bond acceptors (Lipinski definition) is 6. The van der Waals surface area contributed by atoms with Crippen LogP contribution < -0.4 is 14.8 Å². The molecular formula is C15H15F2N5O2. The van der Waals surface area contributed by atoms with Crippen molar-refractivity contribution in [1.29, 1.82) is 0 Å². The van der Waals surface area contributed by atoms with Crippen molar-refractivity contribution in [2.45, 2.75) is 13.3 Å². The number of rotatable bonds is 6. The Hall–Kier alpha value is -2.97. The van der Waals surface area contributed by atoms with E-state index >= 15 is 0 Å². The second kappa shape index (κ2) is 6.65. The highest BCUT2D eigenvalue weighted by molar-refractivity contribution is 5.62. The molecule has 126 valence electrons. The number of halogens is 2. The minimum Gasteiger partial charge on any atom is -0.493 e. The highest BCUT2D eigenvalue weighted by Crippen LogP contribution is 2.31. The molecule has 0 bridgehead atoms. The zero-order chi connectivity index (χ0) is 17.1. The maximum absolute atomic E-state index is 12.9. The normalized spacial score (nSPS) is 11.0. The van der Waals surface area contributed by atoms with E-state index in [1.165, 1.54) is 7.11 Å². The molecule has 1 N–H and O–H groups in total. The van der Waals surface area contributed by atoms with E-state index in [1.54, 1.807) is 30.3 Å². The zero-order valence-corrected chi connectivity index (χ0v) is 13.0. The van der Waals surface area contributed by atoms with Gasteiger partial charge in [0.25, 0.3) is 6.43 Å². The van der Waals surface area contributed by atoms with Crippen molar-refractivity contribution < 1.29 is 18.3 Å². The number of methoxy groups -OCH3 is 1. The van der Waals surface area contributed by atoms with Crippen molar-refractivity contribution in [3.8, 4) is 11.5 Å². The van der Waals surface area contributed by atoms with E-state index in [0.29, 0.717) is 29.6 Å². The van der Waals surface area contributed by atoms with Crippen molar-refractivity contribution in [2.24, 2.45) is 0 Å². The first kappa shape index (κ1) is 15.9. The molecule has 7 nitrogen and oxygen atoms in total. The Kier molecular flexibility index (Phi) is 4.41. The minimum atomic E-state index is -2.76. The quantitative estimate of drug-likeness (QED) is 0.746. The van der Waals surface area contributed by atoms with Gasteiger partial charge < -0.3 is 14.8 Å². The molecular weight excluding hydrogens is 320 g/mol. The fourth-order valence-corrected chi connectivity index (χ4v) is 2.18. The molecule has 0 saturated heterocycles. The lowest BCUT2D eigenvalue weighted by Crippen LogP contribution is -2.03. The van der Waals surface area contributed by atoms with E-state index < -0.39 is 12.2 Å². The van der Waals surface area contributed by atoms with Crippen molar-refractivity contribution >= 4 is 17.2 Å². The molecule has 0 unspecified atom stereocenters. The molecule has 3 aromatic rings. The van der Waals surface area contributed by atoms with E-state index in [2.05, 4.69) is 20.6 Å². The summed E-state index contributed by atoms with van der Waals surface area (Å²) in [5, 5.41) is 14.2. The smallest absolute Gasteiger partial charge is 0.299 e. The lowest BCUT2D eigenvalue weighted by atomic mass is 10.2. The van der Waals surface area contributed by atoms with Crippen molar-refractivity contribution in [3.05, 3.63) is 36.2 Å². The van der Waals surface area contributed by atoms with Gasteiger partial charge in [-0.05, 0) is 31.2 Å². The summed E-state index contributed by atoms with van der Waals surface area (Å²) >= 11 is 0. The van der Waals surface area contributed by atoms with Gasteiger partial charge in [0.15, 0.2) is 23.0 Å². The molecule has 0 aliphatic carbocycles. The number of benzene rings is 1. The van der Waals surface area contributed by atoms with Crippen LogP contribution in [0.5, 0.6) is 11.5 Å². The number of ether oxygens (including phenoxy) is 2. The average Bonchev–Trinajstić information content (AvgIpc) is 3.00. The fourth-order valence-electron chi connectivity index (χ4n) is 2.18. The summed E-state index contributed by atoms with van der Waals surface area (Å²) in [5.74, 6) is 1.04. The van der Waals surface area contributed by atoms with Crippen LogP contribution in [0.1, 0.15) is 19.2 Å². The maximum atomic E-state index is 12.9. The molecule has 24 heavy (non-hydrogen) atoms. The van der Waals surface area contributed by atoms with E-state index in [1.807, 2.05) is 6.92 Å². The summed E-state index contributed by atoms with van der Waals surface area (Å²) in [7, 11) is 1.54. The monoisotopic (exact) mass is 335 g/mol. The third-order valence-corrected chi connectivity index (χ3v) is 3.22. The number of hydrogen-bond donors (Lipinski definition) is 1. The molecule has 0 fully saturated rings. The fraction of sp³-hybridized carbons (Fsp3) is 0.267. The second-order valence-corrected chi connectivity index (χ2v) is 4.77. The molecule has 0 aliphatic rings. The highest BCUT2D eigenvalue weighted by atomic mass is 19.3. The van der Waals surface area contributed by atoms with Gasteiger partial charge in [0.05, 0.1) is 13.7 Å². The molecule has 0 spiro atoms. The predicted molar refractivity (Wildman–Crippen MR) is 83.2 cm³/mol. The zero-order valence-electron chi connectivity index (χ0n) is 13.0. The van der Waals surface area contributed by atoms with E-state index in [4.69, 9.17) is 9.47 Å². The summed E-state index contributed by atoms with van der Waals surface area (Å²) in [4.78, 5) is 0. The van der Waals surface area contributed by atoms with Crippen LogP contribution in [0.15, 0.2) is 30.3 Å². The number of aromatic nitrogens is 4. The minimum absolute atomic E-state index is 0.250. The van der Waals surface area contributed by atoms with Crippen LogP contribution >= 0.6 is 0 Å². The second-order valence-electron chi connectivity index (χ2n) is 4.77. The predicted octanol–water partition coefficient (Wildman–Crippen LogP) is 3.21. The molecule has 0 aliphatic heterocycles. The Morgan fingerprint density at radius 1 is 1.17 bits per heavy atom. The molecule has 0 amide bonds. The molecule has 2 heterocycles. The van der Waals surface area contributed by atoms with E-state index in [0.717, 1.165) is 4.52 Å². The molecule has 0 radical (unpaired) electrons. The van der Waals surface area contributed by atoms with Crippen LogP contribution in [-0.2, 0) is 0 Å². The molecule has 9 heteroatoms. The summed E-state index contributed by atoms with van der Waals surface area (Å²) in [5.41, 5.74) is 0.925. The number of alkyl halides is 2. The van der Waals surface area contributed by atoms with Crippen LogP contribution in [0.25, 0.3) is 5.65 Å². The number of nitrogens with one attached hydrogen (secondary N) is 1. The topological polar surface area (TPSA) is 73.6 Å². The first-order valence-electron chi connectivity index (χ1n) is 7.20. The molecule has 0 saturated carbocycles. The van der Waals surface area contributed by atoms with Gasteiger partial charge in [-0.2, -0.15) is 4.52 Å². The van der Waals surface area contributed by atoms with E-state index in [9.17, 15) is 8.78 Å². The van der Waals surface area contributed by atoms with Crippen LogP contribution in [0.3, 0.4) is 0 Å². The SMILES string of the molecule is CCOc1ccc(Nc2ccc3nnc(C(F)F)n3n2)cc1OC. The third-order valence-electron chi connectivity index (χ3n) is 3.22. The summed E-state index contributed by atoms with van der Waals surface area (Å²) in [6, 6.07) is 8.45. The van der Waals surface area contributed by atoms with Gasteiger partial charge in [0.1, 0.15) is 0 Å². The lowest BCUT2D eigenvalue weighted by molar-refractivity contribution is 0.137. The third kappa shape index (κ3) is 3.05. The highest BCUT2D eigenvalue weighted by Gasteiger charge is 2.17. The molecule has 2 aromatic heterocycles. The Morgan fingerprint density at radius 2 is 2.00 bits per heavy atom. The van der Waals surface area contributed by atoms with Gasteiger partial charge in [-0.1, -0.05) is 0 Å². The molecule has 3 rings (SSSR count). The van der Waals surface area contributed by atoms with Gasteiger partial charge in [-0.25, -0.2) is 8.78 Å². The maximum Gasteiger partial charge on any atom is 0.299 e. The van der Waals surface area contributed by atoms with Crippen LogP contribution in [0.4, 0.5) is 20.3 Å². The first-order valence-corrected chi connectivity index (χ1v) is 7.20. The summed E-state index contributed by atoms with van der Waals surface area (Å²) < 4.78 is 37.5. The van der Waals surface area contributed by atoms with Crippen LogP contribution in [-0.4, -0.2) is 33.5 Å². The van der Waals surface area contributed by atoms with Gasteiger partial charge in [-0.3, -0.25) is 0 Å². The van der Waals surface area contributed by atoms with Crippen LogP contribution in [0.2, 0.25) is 0 Å². The van der Waals surface area contributed by atoms with Gasteiger partial charge in [-0.15, -0.1) is 15.3 Å². The number of fused-ring (bicyclic) bond motifs is 1. The summed E-state index contributed by atoms with van der Waals surface area (Å²) in [6.07, 6.45) is -2.76. The standard InChI is InChI=1S/C15H15F2N5O2/c1-3-24-10-5-4-9(8-11(10)23-2)18-12-6-7-13-19-20-15(14(16)17)22(13)21-12/h4-8,14H,3H2,1-2H3,(H,18,21). The Bertz CT molecular complexity index is 853. The lowest BCUT2D eigenvalue weighted by Gasteiger charge is -2.12. The Morgan fingerprint density at radius 3 is 2.71 bits per heavy atom. The van der Waals surface area contributed by atoms with Crippen LogP contribution in [0, 0.1) is 0 Å². The van der Waals surface area contributed by atoms with Gasteiger partial charge in [0.2, 0.25) is 5.82 Å². The average molecular weight is 335 g/mol. The Labute approximate surface area is 136 Å².